The first-order valence-electron chi connectivity index (χ1n) is 10.5. The summed E-state index contributed by atoms with van der Waals surface area (Å²) in [4.78, 5) is 0. The van der Waals surface area contributed by atoms with Gasteiger partial charge in [-0.15, -0.1) is 0 Å². The van der Waals surface area contributed by atoms with Crippen LogP contribution in [0, 0.1) is 35.5 Å². The molecule has 4 aliphatic rings. The summed E-state index contributed by atoms with van der Waals surface area (Å²) in [6.07, 6.45) is 13.7. The lowest BCUT2D eigenvalue weighted by molar-refractivity contribution is -0.199. The molecule has 4 rings (SSSR count). The summed E-state index contributed by atoms with van der Waals surface area (Å²) in [5, 5.41) is 0. The lowest BCUT2D eigenvalue weighted by Gasteiger charge is -2.34. The molecule has 0 spiro atoms. The van der Waals surface area contributed by atoms with Crippen LogP contribution in [0.25, 0.3) is 0 Å². The third kappa shape index (κ3) is 2.99. The Morgan fingerprint density at radius 1 is 0.913 bits per heavy atom. The van der Waals surface area contributed by atoms with Crippen molar-refractivity contribution in [3.8, 4) is 0 Å². The Labute approximate surface area is 142 Å². The summed E-state index contributed by atoms with van der Waals surface area (Å²) in [7, 11) is 0. The van der Waals surface area contributed by atoms with Crippen molar-refractivity contribution in [2.24, 2.45) is 35.5 Å². The molecular formula is C21H36O2. The largest absolute Gasteiger partial charge is 0.347 e. The number of rotatable bonds is 6. The maximum absolute atomic E-state index is 6.15. The van der Waals surface area contributed by atoms with Gasteiger partial charge in [0.15, 0.2) is 5.79 Å². The Bertz CT molecular complexity index is 393. The number of ether oxygens (including phenoxy) is 2. The third-order valence-electron chi connectivity index (χ3n) is 8.14. The average molecular weight is 321 g/mol. The summed E-state index contributed by atoms with van der Waals surface area (Å²) in [5.74, 6) is 5.57. The predicted molar refractivity (Wildman–Crippen MR) is 93.1 cm³/mol. The Hall–Kier alpha value is -0.0800. The molecule has 3 saturated carbocycles. The first-order valence-corrected chi connectivity index (χ1v) is 10.5. The Balaban J connectivity index is 1.24. The second-order valence-corrected chi connectivity index (χ2v) is 9.11. The highest BCUT2D eigenvalue weighted by Gasteiger charge is 2.48. The molecule has 2 heteroatoms. The fourth-order valence-corrected chi connectivity index (χ4v) is 6.62. The SMILES string of the molecule is CC1C2CC(CCCCC3(C4CCCC4)OCCO3)C(C2)C1C. The normalized spacial score (nSPS) is 42.8. The van der Waals surface area contributed by atoms with Crippen molar-refractivity contribution in [1.82, 2.24) is 0 Å². The van der Waals surface area contributed by atoms with Gasteiger partial charge in [0.05, 0.1) is 13.2 Å². The van der Waals surface area contributed by atoms with Crippen molar-refractivity contribution in [3.63, 3.8) is 0 Å². The van der Waals surface area contributed by atoms with Crippen LogP contribution >= 0.6 is 0 Å². The second kappa shape index (κ2) is 6.67. The van der Waals surface area contributed by atoms with Crippen molar-refractivity contribution < 1.29 is 9.47 Å². The van der Waals surface area contributed by atoms with E-state index in [-0.39, 0.29) is 5.79 Å². The molecule has 3 aliphatic carbocycles. The van der Waals surface area contributed by atoms with E-state index in [0.717, 1.165) is 49.2 Å². The molecule has 5 unspecified atom stereocenters. The smallest absolute Gasteiger partial charge is 0.171 e. The summed E-state index contributed by atoms with van der Waals surface area (Å²) in [6, 6.07) is 0. The predicted octanol–water partition coefficient (Wildman–Crippen LogP) is 5.41. The first kappa shape index (κ1) is 16.4. The minimum Gasteiger partial charge on any atom is -0.347 e. The summed E-state index contributed by atoms with van der Waals surface area (Å²) >= 11 is 0. The van der Waals surface area contributed by atoms with Crippen molar-refractivity contribution in [2.45, 2.75) is 83.8 Å². The van der Waals surface area contributed by atoms with Gasteiger partial charge in [0.25, 0.3) is 0 Å². The van der Waals surface area contributed by atoms with Gasteiger partial charge in [0.1, 0.15) is 0 Å². The molecule has 0 N–H and O–H groups in total. The number of hydrogen-bond acceptors (Lipinski definition) is 2. The minimum atomic E-state index is -0.188. The third-order valence-corrected chi connectivity index (χ3v) is 8.14. The molecule has 0 aromatic heterocycles. The zero-order chi connectivity index (χ0) is 15.9. The van der Waals surface area contributed by atoms with E-state index < -0.39 is 0 Å². The van der Waals surface area contributed by atoms with Gasteiger partial charge < -0.3 is 9.47 Å². The minimum absolute atomic E-state index is 0.188. The van der Waals surface area contributed by atoms with Crippen molar-refractivity contribution in [3.05, 3.63) is 0 Å². The summed E-state index contributed by atoms with van der Waals surface area (Å²) in [6.45, 7) is 6.64. The molecule has 0 radical (unpaired) electrons. The molecule has 1 heterocycles. The monoisotopic (exact) mass is 320 g/mol. The Kier molecular flexibility index (Phi) is 4.75. The van der Waals surface area contributed by atoms with Crippen LogP contribution in [-0.4, -0.2) is 19.0 Å². The maximum Gasteiger partial charge on any atom is 0.171 e. The standard InChI is InChI=1S/C21H36O2/c1-15-16(2)20-14-18(15)13-17(20)7-5-6-10-21(22-11-12-23-21)19-8-3-4-9-19/h15-20H,3-14H2,1-2H3. The van der Waals surface area contributed by atoms with Crippen LogP contribution in [0.4, 0.5) is 0 Å². The lowest BCUT2D eigenvalue weighted by atomic mass is 9.74. The molecule has 2 bridgehead atoms. The molecule has 132 valence electrons. The molecule has 23 heavy (non-hydrogen) atoms. The Morgan fingerprint density at radius 3 is 2.30 bits per heavy atom. The quantitative estimate of drug-likeness (QED) is 0.609. The summed E-state index contributed by atoms with van der Waals surface area (Å²) in [5.41, 5.74) is 0. The average Bonchev–Trinajstić information content (AvgIpc) is 3.32. The highest BCUT2D eigenvalue weighted by Crippen LogP contribution is 2.56. The fourth-order valence-electron chi connectivity index (χ4n) is 6.62. The van der Waals surface area contributed by atoms with Crippen LogP contribution in [0.3, 0.4) is 0 Å². The zero-order valence-corrected chi connectivity index (χ0v) is 15.3. The topological polar surface area (TPSA) is 18.5 Å². The van der Waals surface area contributed by atoms with Gasteiger partial charge in [0, 0.05) is 12.3 Å². The molecule has 0 aromatic carbocycles. The van der Waals surface area contributed by atoms with Gasteiger partial charge in [-0.2, -0.15) is 0 Å². The fraction of sp³-hybridized carbons (Fsp3) is 1.00. The van der Waals surface area contributed by atoms with E-state index in [9.17, 15) is 0 Å². The van der Waals surface area contributed by atoms with Gasteiger partial charge in [-0.05, 0) is 61.7 Å². The van der Waals surface area contributed by atoms with Crippen LogP contribution in [0.5, 0.6) is 0 Å². The summed E-state index contributed by atoms with van der Waals surface area (Å²) < 4.78 is 12.3. The van der Waals surface area contributed by atoms with Gasteiger partial charge in [-0.3, -0.25) is 0 Å². The van der Waals surface area contributed by atoms with Gasteiger partial charge in [-0.1, -0.05) is 39.5 Å². The molecule has 5 atom stereocenters. The second-order valence-electron chi connectivity index (χ2n) is 9.11. The Morgan fingerprint density at radius 2 is 1.65 bits per heavy atom. The van der Waals surface area contributed by atoms with Gasteiger partial charge >= 0.3 is 0 Å². The highest BCUT2D eigenvalue weighted by molar-refractivity contribution is 4.97. The van der Waals surface area contributed by atoms with E-state index in [0.29, 0.717) is 5.92 Å². The van der Waals surface area contributed by atoms with E-state index in [1.54, 1.807) is 0 Å². The molecule has 4 fully saturated rings. The van der Waals surface area contributed by atoms with Crippen LogP contribution < -0.4 is 0 Å². The molecule has 2 nitrogen and oxygen atoms in total. The van der Waals surface area contributed by atoms with E-state index in [4.69, 9.17) is 9.47 Å². The molecule has 0 amide bonds. The van der Waals surface area contributed by atoms with Crippen LogP contribution in [0.15, 0.2) is 0 Å². The van der Waals surface area contributed by atoms with Gasteiger partial charge in [0.2, 0.25) is 0 Å². The van der Waals surface area contributed by atoms with E-state index >= 15 is 0 Å². The van der Waals surface area contributed by atoms with Gasteiger partial charge in [-0.25, -0.2) is 0 Å². The molecular weight excluding hydrogens is 284 g/mol. The van der Waals surface area contributed by atoms with Crippen molar-refractivity contribution in [2.75, 3.05) is 13.2 Å². The van der Waals surface area contributed by atoms with E-state index in [1.165, 1.54) is 57.8 Å². The molecule has 1 aliphatic heterocycles. The van der Waals surface area contributed by atoms with Crippen molar-refractivity contribution in [1.29, 1.82) is 0 Å². The zero-order valence-electron chi connectivity index (χ0n) is 15.3. The number of unbranched alkanes of at least 4 members (excludes halogenated alkanes) is 1. The van der Waals surface area contributed by atoms with E-state index in [2.05, 4.69) is 13.8 Å². The molecule has 0 aromatic rings. The van der Waals surface area contributed by atoms with Crippen LogP contribution in [0.2, 0.25) is 0 Å². The first-order chi connectivity index (χ1) is 11.2. The maximum atomic E-state index is 6.15. The number of fused-ring (bicyclic) bond motifs is 2. The highest BCUT2D eigenvalue weighted by atomic mass is 16.7. The van der Waals surface area contributed by atoms with Crippen LogP contribution in [0.1, 0.15) is 78.1 Å². The lowest BCUT2D eigenvalue weighted by Crippen LogP contribution is -2.38. The number of hydrogen-bond donors (Lipinski definition) is 0. The molecule has 1 saturated heterocycles. The van der Waals surface area contributed by atoms with E-state index in [1.807, 2.05) is 0 Å². The van der Waals surface area contributed by atoms with Crippen molar-refractivity contribution >= 4 is 0 Å². The van der Waals surface area contributed by atoms with Crippen LogP contribution in [-0.2, 0) is 9.47 Å².